The van der Waals surface area contributed by atoms with Crippen LogP contribution >= 0.6 is 0 Å². The first-order chi connectivity index (χ1) is 8.25. The second-order valence-electron chi connectivity index (χ2n) is 5.04. The normalized spacial score (nSPS) is 16.2. The van der Waals surface area contributed by atoms with E-state index in [-0.39, 0.29) is 0 Å². The van der Waals surface area contributed by atoms with E-state index in [1.54, 1.807) is 12.1 Å². The lowest BCUT2D eigenvalue weighted by Crippen LogP contribution is -1.97. The molecule has 1 aliphatic rings. The molecule has 0 atom stereocenters. The summed E-state index contributed by atoms with van der Waals surface area (Å²) in [6, 6.07) is 7.29. The Hall–Kier alpha value is -1.31. The fraction of sp³-hybridized carbons (Fsp3) is 0.533. The van der Waals surface area contributed by atoms with Crippen LogP contribution in [-0.2, 0) is 6.42 Å². The summed E-state index contributed by atoms with van der Waals surface area (Å²) in [4.78, 5) is 10.7. The molecule has 1 aromatic rings. The van der Waals surface area contributed by atoms with Gasteiger partial charge in [-0.1, -0.05) is 44.2 Å². The van der Waals surface area contributed by atoms with E-state index in [9.17, 15) is 4.79 Å². The molecule has 1 fully saturated rings. The van der Waals surface area contributed by atoms with E-state index in [4.69, 9.17) is 5.11 Å². The molecule has 92 valence electrons. The first-order valence-corrected chi connectivity index (χ1v) is 6.58. The molecule has 1 saturated carbocycles. The van der Waals surface area contributed by atoms with Crippen LogP contribution in [0.15, 0.2) is 24.3 Å². The number of hydrogen-bond donors (Lipinski definition) is 1. The summed E-state index contributed by atoms with van der Waals surface area (Å²) in [5, 5.41) is 8.80. The largest absolute Gasteiger partial charge is 0.478 e. The molecule has 0 unspecified atom stereocenters. The molecule has 2 rings (SSSR count). The third kappa shape index (κ3) is 3.58. The fourth-order valence-electron chi connectivity index (χ4n) is 2.71. The molecule has 0 saturated heterocycles. The summed E-state index contributed by atoms with van der Waals surface area (Å²) < 4.78 is 0. The highest BCUT2D eigenvalue weighted by Crippen LogP contribution is 2.28. The molecule has 0 bridgehead atoms. The Bertz CT molecular complexity index is 361. The molecule has 0 amide bonds. The smallest absolute Gasteiger partial charge is 0.335 e. The van der Waals surface area contributed by atoms with Gasteiger partial charge in [-0.2, -0.15) is 0 Å². The van der Waals surface area contributed by atoms with E-state index < -0.39 is 5.97 Å². The average molecular weight is 232 g/mol. The lowest BCUT2D eigenvalue weighted by atomic mass is 9.98. The number of carbonyl (C=O) groups is 1. The molecular formula is C15H20O2. The van der Waals surface area contributed by atoms with Crippen molar-refractivity contribution in [3.63, 3.8) is 0 Å². The zero-order valence-electron chi connectivity index (χ0n) is 10.2. The van der Waals surface area contributed by atoms with Crippen LogP contribution < -0.4 is 0 Å². The first-order valence-electron chi connectivity index (χ1n) is 6.58. The van der Waals surface area contributed by atoms with Crippen molar-refractivity contribution in [3.05, 3.63) is 35.4 Å². The number of hydrogen-bond acceptors (Lipinski definition) is 1. The molecule has 2 heteroatoms. The van der Waals surface area contributed by atoms with Crippen LogP contribution in [-0.4, -0.2) is 11.1 Å². The minimum absolute atomic E-state index is 0.379. The topological polar surface area (TPSA) is 37.3 Å². The number of rotatable bonds is 5. The van der Waals surface area contributed by atoms with Crippen LogP contribution in [0.3, 0.4) is 0 Å². The van der Waals surface area contributed by atoms with Crippen molar-refractivity contribution in [3.8, 4) is 0 Å². The molecule has 1 N–H and O–H groups in total. The van der Waals surface area contributed by atoms with Crippen LogP contribution in [0.25, 0.3) is 0 Å². The maximum Gasteiger partial charge on any atom is 0.335 e. The Morgan fingerprint density at radius 1 is 1.18 bits per heavy atom. The van der Waals surface area contributed by atoms with Crippen molar-refractivity contribution in [1.82, 2.24) is 0 Å². The van der Waals surface area contributed by atoms with Gasteiger partial charge in [-0.15, -0.1) is 0 Å². The van der Waals surface area contributed by atoms with E-state index in [0.717, 1.165) is 12.3 Å². The van der Waals surface area contributed by atoms with Crippen LogP contribution in [0.5, 0.6) is 0 Å². The van der Waals surface area contributed by atoms with Crippen molar-refractivity contribution in [2.24, 2.45) is 5.92 Å². The van der Waals surface area contributed by atoms with Crippen LogP contribution in [0, 0.1) is 5.92 Å². The van der Waals surface area contributed by atoms with Gasteiger partial charge in [0.25, 0.3) is 0 Å². The quantitative estimate of drug-likeness (QED) is 0.836. The third-order valence-electron chi connectivity index (χ3n) is 3.75. The van der Waals surface area contributed by atoms with Gasteiger partial charge < -0.3 is 5.11 Å². The molecule has 0 radical (unpaired) electrons. The number of benzene rings is 1. The minimum Gasteiger partial charge on any atom is -0.478 e. The number of aromatic carboxylic acids is 1. The lowest BCUT2D eigenvalue weighted by Gasteiger charge is -2.08. The Balaban J connectivity index is 1.76. The molecule has 0 spiro atoms. The first kappa shape index (κ1) is 12.2. The molecule has 0 aromatic heterocycles. The molecule has 1 aromatic carbocycles. The SMILES string of the molecule is O=C(O)c1ccc(CCCC2CCCC2)cc1. The van der Waals surface area contributed by atoms with E-state index >= 15 is 0 Å². The van der Waals surface area contributed by atoms with E-state index in [0.29, 0.717) is 5.56 Å². The predicted molar refractivity (Wildman–Crippen MR) is 68.3 cm³/mol. The highest BCUT2D eigenvalue weighted by molar-refractivity contribution is 5.87. The zero-order chi connectivity index (χ0) is 12.1. The van der Waals surface area contributed by atoms with Gasteiger partial charge in [0.1, 0.15) is 0 Å². The maximum absolute atomic E-state index is 10.7. The number of carboxylic acids is 1. The highest BCUT2D eigenvalue weighted by atomic mass is 16.4. The van der Waals surface area contributed by atoms with E-state index in [1.165, 1.54) is 44.1 Å². The summed E-state index contributed by atoms with van der Waals surface area (Å²) >= 11 is 0. The van der Waals surface area contributed by atoms with Crippen molar-refractivity contribution in [2.45, 2.75) is 44.9 Å². The summed E-state index contributed by atoms with van der Waals surface area (Å²) in [5.74, 6) is 0.107. The van der Waals surface area contributed by atoms with Gasteiger partial charge >= 0.3 is 5.97 Å². The summed E-state index contributed by atoms with van der Waals surface area (Å²) in [6.45, 7) is 0. The maximum atomic E-state index is 10.7. The Kier molecular flexibility index (Phi) is 4.18. The lowest BCUT2D eigenvalue weighted by molar-refractivity contribution is 0.0697. The summed E-state index contributed by atoms with van der Waals surface area (Å²) in [6.07, 6.45) is 9.31. The number of aryl methyl sites for hydroxylation is 1. The van der Waals surface area contributed by atoms with Gasteiger partial charge in [-0.3, -0.25) is 0 Å². The third-order valence-corrected chi connectivity index (χ3v) is 3.75. The van der Waals surface area contributed by atoms with Gasteiger partial charge in [0.15, 0.2) is 0 Å². The summed E-state index contributed by atoms with van der Waals surface area (Å²) in [5.41, 5.74) is 1.64. The second kappa shape index (κ2) is 5.85. The molecule has 1 aliphatic carbocycles. The van der Waals surface area contributed by atoms with Crippen LogP contribution in [0.1, 0.15) is 54.4 Å². The van der Waals surface area contributed by atoms with Crippen LogP contribution in [0.2, 0.25) is 0 Å². The Labute approximate surface area is 103 Å². The molecule has 17 heavy (non-hydrogen) atoms. The van der Waals surface area contributed by atoms with Crippen molar-refractivity contribution in [2.75, 3.05) is 0 Å². The summed E-state index contributed by atoms with van der Waals surface area (Å²) in [7, 11) is 0. The second-order valence-corrected chi connectivity index (χ2v) is 5.04. The van der Waals surface area contributed by atoms with E-state index in [2.05, 4.69) is 0 Å². The van der Waals surface area contributed by atoms with Gasteiger partial charge in [0.2, 0.25) is 0 Å². The van der Waals surface area contributed by atoms with E-state index in [1.807, 2.05) is 12.1 Å². The molecule has 2 nitrogen and oxygen atoms in total. The Morgan fingerprint density at radius 3 is 2.41 bits per heavy atom. The van der Waals surface area contributed by atoms with Crippen molar-refractivity contribution >= 4 is 5.97 Å². The van der Waals surface area contributed by atoms with Crippen LogP contribution in [0.4, 0.5) is 0 Å². The van der Waals surface area contributed by atoms with Crippen molar-refractivity contribution in [1.29, 1.82) is 0 Å². The molecule has 0 aliphatic heterocycles. The van der Waals surface area contributed by atoms with Gasteiger partial charge in [-0.05, 0) is 36.5 Å². The average Bonchev–Trinajstić information content (AvgIpc) is 2.83. The molecule has 0 heterocycles. The standard InChI is InChI=1S/C15H20O2/c16-15(17)14-10-8-13(9-11-14)7-3-6-12-4-1-2-5-12/h8-12H,1-7H2,(H,16,17). The monoisotopic (exact) mass is 232 g/mol. The van der Waals surface area contributed by atoms with Gasteiger partial charge in [-0.25, -0.2) is 4.79 Å². The van der Waals surface area contributed by atoms with Crippen molar-refractivity contribution < 1.29 is 9.90 Å². The van der Waals surface area contributed by atoms with Gasteiger partial charge in [0, 0.05) is 0 Å². The Morgan fingerprint density at radius 2 is 1.82 bits per heavy atom. The minimum atomic E-state index is -0.845. The fourth-order valence-corrected chi connectivity index (χ4v) is 2.71. The highest BCUT2D eigenvalue weighted by Gasteiger charge is 2.14. The number of carboxylic acid groups (broad SMARTS) is 1. The van der Waals surface area contributed by atoms with Gasteiger partial charge in [0.05, 0.1) is 5.56 Å². The zero-order valence-corrected chi connectivity index (χ0v) is 10.2. The molecular weight excluding hydrogens is 212 g/mol. The predicted octanol–water partition coefficient (Wildman–Crippen LogP) is 3.90.